The molecule has 0 saturated carbocycles. The van der Waals surface area contributed by atoms with Crippen LogP contribution in [0.3, 0.4) is 0 Å². The van der Waals surface area contributed by atoms with E-state index in [-0.39, 0.29) is 12.5 Å². The fraction of sp³-hybridized carbons (Fsp3) is 0.500. The molecule has 0 aromatic carbocycles. The third-order valence-corrected chi connectivity index (χ3v) is 1.43. The molecule has 0 aliphatic carbocycles. The number of aromatic nitrogens is 1. The van der Waals surface area contributed by atoms with Gasteiger partial charge in [-0.25, -0.2) is 4.98 Å². The third-order valence-electron chi connectivity index (χ3n) is 1.20. The average Bonchev–Trinajstić information content (AvgIpc) is 2.30. The normalized spacial score (nSPS) is 10.3. The van der Waals surface area contributed by atoms with E-state index < -0.39 is 0 Å². The van der Waals surface area contributed by atoms with Crippen molar-refractivity contribution >= 4 is 11.6 Å². The predicted octanol–water partition coefficient (Wildman–Crippen LogP) is 1.21. The van der Waals surface area contributed by atoms with Crippen LogP contribution in [-0.4, -0.2) is 10.1 Å². The lowest BCUT2D eigenvalue weighted by Crippen LogP contribution is -1.85. The van der Waals surface area contributed by atoms with Crippen molar-refractivity contribution in [1.82, 2.24) is 4.98 Å². The zero-order valence-corrected chi connectivity index (χ0v) is 6.35. The lowest BCUT2D eigenvalue weighted by atomic mass is 10.4. The minimum absolute atomic E-state index is 0.0910. The summed E-state index contributed by atoms with van der Waals surface area (Å²) in [6, 6.07) is 0. The van der Waals surface area contributed by atoms with Crippen LogP contribution in [0.5, 0.6) is 0 Å². The Morgan fingerprint density at radius 2 is 2.40 bits per heavy atom. The van der Waals surface area contributed by atoms with Gasteiger partial charge in [0.1, 0.15) is 11.5 Å². The summed E-state index contributed by atoms with van der Waals surface area (Å²) in [6.07, 6.45) is 0. The van der Waals surface area contributed by atoms with Crippen molar-refractivity contribution in [3.63, 3.8) is 0 Å². The SMILES string of the molecule is Cc1oc(CCl)nc1CO. The number of halogens is 1. The molecule has 1 rings (SSSR count). The molecule has 0 fully saturated rings. The standard InChI is InChI=1S/C6H8ClNO2/c1-4-5(3-9)8-6(2-7)10-4/h9H,2-3H2,1H3. The summed E-state index contributed by atoms with van der Waals surface area (Å²) < 4.78 is 5.05. The molecular weight excluding hydrogens is 154 g/mol. The van der Waals surface area contributed by atoms with Gasteiger partial charge in [0.25, 0.3) is 0 Å². The Labute approximate surface area is 63.6 Å². The van der Waals surface area contributed by atoms with Crippen molar-refractivity contribution in [3.05, 3.63) is 17.3 Å². The van der Waals surface area contributed by atoms with Crippen molar-refractivity contribution in [2.45, 2.75) is 19.4 Å². The molecule has 3 nitrogen and oxygen atoms in total. The second kappa shape index (κ2) is 3.03. The molecule has 0 radical (unpaired) electrons. The van der Waals surface area contributed by atoms with Crippen molar-refractivity contribution in [2.24, 2.45) is 0 Å². The summed E-state index contributed by atoms with van der Waals surface area (Å²) in [5, 5.41) is 8.66. The summed E-state index contributed by atoms with van der Waals surface area (Å²) in [7, 11) is 0. The maximum Gasteiger partial charge on any atom is 0.209 e. The van der Waals surface area contributed by atoms with E-state index in [9.17, 15) is 0 Å². The molecule has 10 heavy (non-hydrogen) atoms. The molecule has 0 unspecified atom stereocenters. The van der Waals surface area contributed by atoms with E-state index in [1.807, 2.05) is 0 Å². The fourth-order valence-electron chi connectivity index (χ4n) is 0.692. The molecule has 0 bridgehead atoms. The number of alkyl halides is 1. The molecular formula is C6H8ClNO2. The van der Waals surface area contributed by atoms with Crippen molar-refractivity contribution in [3.8, 4) is 0 Å². The van der Waals surface area contributed by atoms with E-state index in [0.29, 0.717) is 17.3 Å². The van der Waals surface area contributed by atoms with Crippen molar-refractivity contribution in [1.29, 1.82) is 0 Å². The van der Waals surface area contributed by atoms with E-state index in [0.717, 1.165) is 0 Å². The first-order valence-corrected chi connectivity index (χ1v) is 3.43. The van der Waals surface area contributed by atoms with E-state index in [4.69, 9.17) is 21.1 Å². The van der Waals surface area contributed by atoms with Gasteiger partial charge in [0, 0.05) is 0 Å². The molecule has 0 aliphatic heterocycles. The van der Waals surface area contributed by atoms with Crippen LogP contribution in [0.4, 0.5) is 0 Å². The maximum atomic E-state index is 8.66. The monoisotopic (exact) mass is 161 g/mol. The molecule has 0 spiro atoms. The van der Waals surface area contributed by atoms with Crippen LogP contribution < -0.4 is 0 Å². The van der Waals surface area contributed by atoms with Gasteiger partial charge >= 0.3 is 0 Å². The molecule has 0 saturated heterocycles. The largest absolute Gasteiger partial charge is 0.444 e. The number of aliphatic hydroxyl groups excluding tert-OH is 1. The van der Waals surface area contributed by atoms with E-state index in [1.54, 1.807) is 6.92 Å². The van der Waals surface area contributed by atoms with Crippen molar-refractivity contribution < 1.29 is 9.52 Å². The minimum atomic E-state index is -0.0910. The first-order valence-electron chi connectivity index (χ1n) is 2.90. The number of hydrogen-bond acceptors (Lipinski definition) is 3. The quantitative estimate of drug-likeness (QED) is 0.664. The van der Waals surface area contributed by atoms with Crippen LogP contribution in [0.1, 0.15) is 17.3 Å². The number of oxazole rings is 1. The Balaban J connectivity index is 2.92. The summed E-state index contributed by atoms with van der Waals surface area (Å²) in [4.78, 5) is 3.90. The molecule has 0 aliphatic rings. The van der Waals surface area contributed by atoms with Crippen LogP contribution in [-0.2, 0) is 12.5 Å². The first-order chi connectivity index (χ1) is 4.77. The Hall–Kier alpha value is -0.540. The van der Waals surface area contributed by atoms with Gasteiger partial charge in [-0.15, -0.1) is 11.6 Å². The topological polar surface area (TPSA) is 46.3 Å². The second-order valence-electron chi connectivity index (χ2n) is 1.90. The highest BCUT2D eigenvalue weighted by molar-refractivity contribution is 6.16. The Morgan fingerprint density at radius 1 is 1.70 bits per heavy atom. The summed E-state index contributed by atoms with van der Waals surface area (Å²) in [5.74, 6) is 1.35. The number of hydrogen-bond donors (Lipinski definition) is 1. The molecule has 4 heteroatoms. The highest BCUT2D eigenvalue weighted by Crippen LogP contribution is 2.10. The van der Waals surface area contributed by atoms with Crippen molar-refractivity contribution in [2.75, 3.05) is 0 Å². The summed E-state index contributed by atoms with van der Waals surface area (Å²) in [6.45, 7) is 1.65. The Kier molecular flexibility index (Phi) is 2.29. The van der Waals surface area contributed by atoms with Crippen LogP contribution in [0, 0.1) is 6.92 Å². The molecule has 1 aromatic rings. The van der Waals surface area contributed by atoms with Gasteiger partial charge in [-0.2, -0.15) is 0 Å². The summed E-state index contributed by atoms with van der Waals surface area (Å²) >= 11 is 5.43. The molecule has 0 atom stereocenters. The first kappa shape index (κ1) is 7.57. The smallest absolute Gasteiger partial charge is 0.209 e. The zero-order valence-electron chi connectivity index (χ0n) is 5.59. The fourth-order valence-corrected chi connectivity index (χ4v) is 0.806. The van der Waals surface area contributed by atoms with Gasteiger partial charge in [-0.3, -0.25) is 0 Å². The van der Waals surface area contributed by atoms with Crippen LogP contribution in [0.2, 0.25) is 0 Å². The predicted molar refractivity (Wildman–Crippen MR) is 36.7 cm³/mol. The van der Waals surface area contributed by atoms with Crippen LogP contribution >= 0.6 is 11.6 Å². The van der Waals surface area contributed by atoms with Gasteiger partial charge in [0.15, 0.2) is 0 Å². The molecule has 1 N–H and O–H groups in total. The highest BCUT2D eigenvalue weighted by Gasteiger charge is 2.05. The highest BCUT2D eigenvalue weighted by atomic mass is 35.5. The van der Waals surface area contributed by atoms with Gasteiger partial charge in [-0.1, -0.05) is 0 Å². The number of nitrogens with zero attached hydrogens (tertiary/aromatic N) is 1. The second-order valence-corrected chi connectivity index (χ2v) is 2.17. The van der Waals surface area contributed by atoms with Gasteiger partial charge < -0.3 is 9.52 Å². The summed E-state index contributed by atoms with van der Waals surface area (Å²) in [5.41, 5.74) is 0.565. The van der Waals surface area contributed by atoms with Gasteiger partial charge in [-0.05, 0) is 6.92 Å². The third kappa shape index (κ3) is 1.30. The van der Waals surface area contributed by atoms with E-state index in [1.165, 1.54) is 0 Å². The Morgan fingerprint density at radius 3 is 2.70 bits per heavy atom. The molecule has 1 heterocycles. The van der Waals surface area contributed by atoms with E-state index >= 15 is 0 Å². The van der Waals surface area contributed by atoms with Crippen LogP contribution in [0.15, 0.2) is 4.42 Å². The Bertz CT molecular complexity index is 222. The zero-order chi connectivity index (χ0) is 7.56. The molecule has 0 amide bonds. The van der Waals surface area contributed by atoms with Gasteiger partial charge in [0.05, 0.1) is 12.5 Å². The van der Waals surface area contributed by atoms with E-state index in [2.05, 4.69) is 4.98 Å². The lowest BCUT2D eigenvalue weighted by Gasteiger charge is -1.83. The number of aliphatic hydroxyl groups is 1. The molecule has 56 valence electrons. The van der Waals surface area contributed by atoms with Crippen LogP contribution in [0.25, 0.3) is 0 Å². The average molecular weight is 162 g/mol. The number of aryl methyl sites for hydroxylation is 1. The lowest BCUT2D eigenvalue weighted by molar-refractivity contribution is 0.275. The maximum absolute atomic E-state index is 8.66. The minimum Gasteiger partial charge on any atom is -0.444 e. The van der Waals surface area contributed by atoms with Gasteiger partial charge in [0.2, 0.25) is 5.89 Å². The molecule has 1 aromatic heterocycles. The number of rotatable bonds is 2.